The standard InChI is InChI=1S/C18H13N3O5/c1-2-25-12-5-3-11(4-6-12)15-9-13(14(10-19)18(22)20-15)16-7-8-17(26-16)21(23)24/h3-9H,2H2,1H3,(H,20,22). The zero-order chi connectivity index (χ0) is 18.7. The summed E-state index contributed by atoms with van der Waals surface area (Å²) in [5.41, 5.74) is 0.550. The van der Waals surface area contributed by atoms with Crippen molar-refractivity contribution in [3.63, 3.8) is 0 Å². The zero-order valence-electron chi connectivity index (χ0n) is 13.7. The second-order valence-corrected chi connectivity index (χ2v) is 5.26. The Morgan fingerprint density at radius 2 is 2.00 bits per heavy atom. The number of H-pyrrole nitrogens is 1. The SMILES string of the molecule is CCOc1ccc(-c2cc(-c3ccc([N+](=O)[O-])o3)c(C#N)c(=O)[nH]2)cc1. The van der Waals surface area contributed by atoms with Gasteiger partial charge in [-0.3, -0.25) is 14.9 Å². The Bertz CT molecular complexity index is 1060. The van der Waals surface area contributed by atoms with Gasteiger partial charge in [0.05, 0.1) is 12.7 Å². The molecule has 26 heavy (non-hydrogen) atoms. The number of nitro groups is 1. The van der Waals surface area contributed by atoms with Gasteiger partial charge in [-0.25, -0.2) is 0 Å². The summed E-state index contributed by atoms with van der Waals surface area (Å²) in [6.45, 7) is 2.41. The minimum atomic E-state index is -0.684. The number of pyridine rings is 1. The van der Waals surface area contributed by atoms with E-state index in [0.29, 0.717) is 23.6 Å². The van der Waals surface area contributed by atoms with Crippen molar-refractivity contribution in [2.75, 3.05) is 6.61 Å². The average molecular weight is 351 g/mol. The third-order valence-electron chi connectivity index (χ3n) is 3.66. The van der Waals surface area contributed by atoms with Crippen molar-refractivity contribution in [3.8, 4) is 34.4 Å². The van der Waals surface area contributed by atoms with E-state index in [-0.39, 0.29) is 16.9 Å². The molecule has 3 aromatic rings. The Labute approximate surface area is 147 Å². The van der Waals surface area contributed by atoms with E-state index in [0.717, 1.165) is 0 Å². The van der Waals surface area contributed by atoms with E-state index in [4.69, 9.17) is 9.15 Å². The normalized spacial score (nSPS) is 10.3. The summed E-state index contributed by atoms with van der Waals surface area (Å²) in [4.78, 5) is 25.0. The van der Waals surface area contributed by atoms with Gasteiger partial charge >= 0.3 is 5.88 Å². The van der Waals surface area contributed by atoms with Crippen LogP contribution in [0.1, 0.15) is 12.5 Å². The molecule has 8 heteroatoms. The Hall–Kier alpha value is -3.86. The van der Waals surface area contributed by atoms with Crippen molar-refractivity contribution in [1.82, 2.24) is 4.98 Å². The van der Waals surface area contributed by atoms with Gasteiger partial charge in [-0.15, -0.1) is 0 Å². The number of rotatable bonds is 5. The number of aromatic nitrogens is 1. The lowest BCUT2D eigenvalue weighted by Crippen LogP contribution is -2.12. The summed E-state index contributed by atoms with van der Waals surface area (Å²) in [5, 5.41) is 20.1. The molecule has 0 aliphatic carbocycles. The maximum Gasteiger partial charge on any atom is 0.433 e. The Balaban J connectivity index is 2.11. The van der Waals surface area contributed by atoms with Gasteiger partial charge in [-0.2, -0.15) is 5.26 Å². The van der Waals surface area contributed by atoms with E-state index < -0.39 is 16.4 Å². The van der Waals surface area contributed by atoms with Gasteiger partial charge in [0, 0.05) is 11.3 Å². The molecule has 130 valence electrons. The van der Waals surface area contributed by atoms with Gasteiger partial charge in [0.1, 0.15) is 28.1 Å². The highest BCUT2D eigenvalue weighted by Crippen LogP contribution is 2.30. The van der Waals surface area contributed by atoms with E-state index >= 15 is 0 Å². The fourth-order valence-corrected chi connectivity index (χ4v) is 2.49. The molecule has 0 spiro atoms. The Morgan fingerprint density at radius 1 is 1.27 bits per heavy atom. The third kappa shape index (κ3) is 3.18. The van der Waals surface area contributed by atoms with Crippen molar-refractivity contribution < 1.29 is 14.1 Å². The van der Waals surface area contributed by atoms with E-state index in [1.165, 1.54) is 12.1 Å². The predicted molar refractivity (Wildman–Crippen MR) is 92.7 cm³/mol. The number of aromatic amines is 1. The van der Waals surface area contributed by atoms with Gasteiger partial charge in [0.15, 0.2) is 0 Å². The minimum Gasteiger partial charge on any atom is -0.494 e. The van der Waals surface area contributed by atoms with Crippen molar-refractivity contribution >= 4 is 5.88 Å². The van der Waals surface area contributed by atoms with Crippen LogP contribution in [-0.4, -0.2) is 16.5 Å². The molecule has 0 saturated carbocycles. The van der Waals surface area contributed by atoms with Crippen LogP contribution in [0.15, 0.2) is 51.7 Å². The molecule has 0 atom stereocenters. The molecule has 1 aromatic carbocycles. The molecule has 0 saturated heterocycles. The fourth-order valence-electron chi connectivity index (χ4n) is 2.49. The average Bonchev–Trinajstić information content (AvgIpc) is 3.12. The quantitative estimate of drug-likeness (QED) is 0.554. The zero-order valence-corrected chi connectivity index (χ0v) is 13.7. The van der Waals surface area contributed by atoms with Crippen molar-refractivity contribution in [1.29, 1.82) is 5.26 Å². The maximum atomic E-state index is 12.3. The lowest BCUT2D eigenvalue weighted by Gasteiger charge is -2.07. The van der Waals surface area contributed by atoms with Gasteiger partial charge in [0.2, 0.25) is 0 Å². The first-order chi connectivity index (χ1) is 12.5. The van der Waals surface area contributed by atoms with E-state index in [9.17, 15) is 20.2 Å². The summed E-state index contributed by atoms with van der Waals surface area (Å²) in [6.07, 6.45) is 0. The summed E-state index contributed by atoms with van der Waals surface area (Å²) in [5.74, 6) is 0.299. The molecule has 0 amide bonds. The number of nitriles is 1. The molecule has 2 heterocycles. The Kier molecular flexibility index (Phi) is 4.53. The topological polar surface area (TPSA) is 122 Å². The van der Waals surface area contributed by atoms with Crippen LogP contribution in [0.3, 0.4) is 0 Å². The molecule has 0 fully saturated rings. The molecule has 0 aliphatic heterocycles. The summed E-state index contributed by atoms with van der Waals surface area (Å²) in [6, 6.07) is 12.9. The van der Waals surface area contributed by atoms with Crippen molar-refractivity contribution in [3.05, 3.63) is 68.5 Å². The summed E-state index contributed by atoms with van der Waals surface area (Å²) in [7, 11) is 0. The number of nitrogens with zero attached hydrogens (tertiary/aromatic N) is 2. The van der Waals surface area contributed by atoms with Crippen LogP contribution in [0, 0.1) is 21.4 Å². The van der Waals surface area contributed by atoms with Gasteiger partial charge in [0.25, 0.3) is 5.56 Å². The van der Waals surface area contributed by atoms with Gasteiger partial charge in [-0.1, -0.05) is 0 Å². The molecule has 1 N–H and O–H groups in total. The first-order valence-corrected chi connectivity index (χ1v) is 7.68. The monoisotopic (exact) mass is 351 g/mol. The smallest absolute Gasteiger partial charge is 0.433 e. The lowest BCUT2D eigenvalue weighted by atomic mass is 10.0. The second-order valence-electron chi connectivity index (χ2n) is 5.26. The number of furan rings is 1. The second kappa shape index (κ2) is 6.94. The molecular weight excluding hydrogens is 338 g/mol. The number of ether oxygens (including phenoxy) is 1. The molecule has 3 rings (SSSR count). The van der Waals surface area contributed by atoms with E-state index in [2.05, 4.69) is 4.98 Å². The lowest BCUT2D eigenvalue weighted by molar-refractivity contribution is -0.401. The molecule has 8 nitrogen and oxygen atoms in total. The minimum absolute atomic E-state index is 0.0755. The highest BCUT2D eigenvalue weighted by Gasteiger charge is 2.19. The summed E-state index contributed by atoms with van der Waals surface area (Å²) >= 11 is 0. The fraction of sp³-hybridized carbons (Fsp3) is 0.111. The van der Waals surface area contributed by atoms with Gasteiger partial charge < -0.3 is 14.1 Å². The van der Waals surface area contributed by atoms with Crippen LogP contribution in [0.4, 0.5) is 5.88 Å². The van der Waals surface area contributed by atoms with Crippen LogP contribution in [0.2, 0.25) is 0 Å². The number of benzene rings is 1. The van der Waals surface area contributed by atoms with Crippen LogP contribution in [0.5, 0.6) is 5.75 Å². The third-order valence-corrected chi connectivity index (χ3v) is 3.66. The highest BCUT2D eigenvalue weighted by molar-refractivity contribution is 5.73. The number of hydrogen-bond donors (Lipinski definition) is 1. The van der Waals surface area contributed by atoms with Crippen molar-refractivity contribution in [2.45, 2.75) is 6.92 Å². The predicted octanol–water partition coefficient (Wildman–Crippen LogP) is 3.48. The van der Waals surface area contributed by atoms with Gasteiger partial charge in [-0.05, 0) is 48.9 Å². The number of hydrogen-bond acceptors (Lipinski definition) is 6. The first kappa shape index (κ1) is 17.0. The highest BCUT2D eigenvalue weighted by atomic mass is 16.6. The van der Waals surface area contributed by atoms with Crippen LogP contribution in [0.25, 0.3) is 22.6 Å². The molecular formula is C18H13N3O5. The molecule has 0 bridgehead atoms. The first-order valence-electron chi connectivity index (χ1n) is 7.68. The molecule has 2 aromatic heterocycles. The van der Waals surface area contributed by atoms with Crippen molar-refractivity contribution in [2.24, 2.45) is 0 Å². The summed E-state index contributed by atoms with van der Waals surface area (Å²) < 4.78 is 10.5. The molecule has 0 radical (unpaired) electrons. The Morgan fingerprint density at radius 3 is 2.58 bits per heavy atom. The van der Waals surface area contributed by atoms with Crippen LogP contribution >= 0.6 is 0 Å². The molecule has 0 unspecified atom stereocenters. The number of nitrogens with one attached hydrogen (secondary N) is 1. The van der Waals surface area contributed by atoms with Crippen LogP contribution in [-0.2, 0) is 0 Å². The van der Waals surface area contributed by atoms with E-state index in [1.54, 1.807) is 30.3 Å². The maximum absolute atomic E-state index is 12.3. The molecule has 0 aliphatic rings. The largest absolute Gasteiger partial charge is 0.494 e. The van der Waals surface area contributed by atoms with E-state index in [1.807, 2.05) is 13.0 Å². The van der Waals surface area contributed by atoms with Crippen LogP contribution < -0.4 is 10.3 Å².